The average Bonchev–Trinajstić information content (AvgIpc) is 1.84. The monoisotopic (exact) mass is 181 g/mol. The van der Waals surface area contributed by atoms with Crippen LogP contribution >= 0.6 is 7.94 Å². The maximum atomic E-state index is 10.2. The van der Waals surface area contributed by atoms with Gasteiger partial charge in [0.1, 0.15) is 0 Å². The van der Waals surface area contributed by atoms with Crippen LogP contribution in [0.3, 0.4) is 0 Å². The Morgan fingerprint density at radius 1 is 0.727 bits per heavy atom. The second-order valence-corrected chi connectivity index (χ2v) is 7.17. The number of nitrogens with zero attached hydrogens (tertiary/aromatic N) is 3. The van der Waals surface area contributed by atoms with Crippen LogP contribution in [0.5, 0.6) is 0 Å². The molecular weight excluding hydrogens is 161 g/mol. The summed E-state index contributed by atoms with van der Waals surface area (Å²) < 4.78 is 5.65. The Bertz CT molecular complexity index is 105. The van der Waals surface area contributed by atoms with Crippen molar-refractivity contribution in [2.45, 2.75) is 0 Å². The summed E-state index contributed by atoms with van der Waals surface area (Å²) in [5.41, 5.74) is 0. The Balaban J connectivity index is 4.53. The SMILES string of the molecule is CN(C)[PH](O)(N(C)C)N(C)C. The van der Waals surface area contributed by atoms with Crippen LogP contribution < -0.4 is 0 Å². The standard InChI is InChI=1S/C6H20N3OP/c1-7(2)11(10,8(3)4)9(5)6/h10-11H,1-6H3. The number of hydrogen-bond donors (Lipinski definition) is 1. The third-order valence-corrected chi connectivity index (χ3v) is 5.40. The molecule has 4 nitrogen and oxygen atoms in total. The summed E-state index contributed by atoms with van der Waals surface area (Å²) in [7, 11) is 8.89. The van der Waals surface area contributed by atoms with Crippen LogP contribution in [-0.2, 0) is 0 Å². The van der Waals surface area contributed by atoms with Gasteiger partial charge >= 0.3 is 69.1 Å². The van der Waals surface area contributed by atoms with Gasteiger partial charge in [0, 0.05) is 0 Å². The van der Waals surface area contributed by atoms with Crippen molar-refractivity contribution in [2.24, 2.45) is 0 Å². The second-order valence-electron chi connectivity index (χ2n) is 3.28. The number of rotatable bonds is 3. The number of hydrogen-bond acceptors (Lipinski definition) is 4. The molecule has 70 valence electrons. The van der Waals surface area contributed by atoms with Crippen molar-refractivity contribution < 1.29 is 4.89 Å². The fourth-order valence-electron chi connectivity index (χ4n) is 1.20. The molecule has 0 aliphatic carbocycles. The quantitative estimate of drug-likeness (QED) is 0.624. The van der Waals surface area contributed by atoms with Crippen LogP contribution in [0.4, 0.5) is 0 Å². The molecule has 0 rings (SSSR count). The zero-order chi connectivity index (χ0) is 9.23. The molecule has 0 unspecified atom stereocenters. The minimum atomic E-state index is -2.48. The molecule has 1 N–H and O–H groups in total. The Morgan fingerprint density at radius 3 is 0.909 bits per heavy atom. The van der Waals surface area contributed by atoms with Crippen LogP contribution in [0.2, 0.25) is 0 Å². The van der Waals surface area contributed by atoms with Gasteiger partial charge in [0.2, 0.25) is 0 Å². The third-order valence-electron chi connectivity index (χ3n) is 1.80. The molecule has 0 fully saturated rings. The molecule has 0 aromatic carbocycles. The molecule has 0 heterocycles. The first-order valence-corrected chi connectivity index (χ1v) is 5.37. The molecule has 0 spiro atoms. The van der Waals surface area contributed by atoms with Gasteiger partial charge in [0.15, 0.2) is 0 Å². The van der Waals surface area contributed by atoms with Gasteiger partial charge in [-0.3, -0.25) is 0 Å². The first-order valence-electron chi connectivity index (χ1n) is 3.58. The zero-order valence-electron chi connectivity index (χ0n) is 8.29. The van der Waals surface area contributed by atoms with Gasteiger partial charge < -0.3 is 0 Å². The Kier molecular flexibility index (Phi) is 3.88. The summed E-state index contributed by atoms with van der Waals surface area (Å²) in [6.45, 7) is 0. The van der Waals surface area contributed by atoms with E-state index in [1.54, 1.807) is 0 Å². The molecule has 0 amide bonds. The Morgan fingerprint density at radius 2 is 0.909 bits per heavy atom. The van der Waals surface area contributed by atoms with E-state index >= 15 is 0 Å². The Labute approximate surface area is 70.0 Å². The van der Waals surface area contributed by atoms with Crippen LogP contribution in [0.25, 0.3) is 0 Å². The van der Waals surface area contributed by atoms with E-state index in [0.29, 0.717) is 0 Å². The van der Waals surface area contributed by atoms with E-state index in [0.717, 1.165) is 0 Å². The molecular formula is C6H20N3OP. The van der Waals surface area contributed by atoms with Gasteiger partial charge in [0.05, 0.1) is 0 Å². The summed E-state index contributed by atoms with van der Waals surface area (Å²) in [4.78, 5) is 10.2. The van der Waals surface area contributed by atoms with Crippen molar-refractivity contribution in [1.29, 1.82) is 0 Å². The summed E-state index contributed by atoms with van der Waals surface area (Å²) in [5, 5.41) is 0. The molecule has 0 saturated carbocycles. The summed E-state index contributed by atoms with van der Waals surface area (Å²) in [5.74, 6) is 0. The fraction of sp³-hybridized carbons (Fsp3) is 1.00. The molecule has 0 aliphatic rings. The normalized spacial score (nSPS) is 15.1. The summed E-state index contributed by atoms with van der Waals surface area (Å²) in [6, 6.07) is 0. The predicted octanol–water partition coefficient (Wildman–Crippen LogP) is 0.0734. The molecule has 5 heteroatoms. The van der Waals surface area contributed by atoms with Crippen molar-refractivity contribution in [3.63, 3.8) is 0 Å². The van der Waals surface area contributed by atoms with E-state index < -0.39 is 7.94 Å². The maximum absolute atomic E-state index is 10.2. The second kappa shape index (κ2) is 3.78. The molecule has 0 aromatic rings. The van der Waals surface area contributed by atoms with E-state index in [1.807, 2.05) is 56.3 Å². The van der Waals surface area contributed by atoms with Gasteiger partial charge in [-0.2, -0.15) is 0 Å². The van der Waals surface area contributed by atoms with Crippen LogP contribution in [-0.4, -0.2) is 61.2 Å². The molecule has 0 aromatic heterocycles. The van der Waals surface area contributed by atoms with Crippen molar-refractivity contribution >= 4 is 7.94 Å². The summed E-state index contributed by atoms with van der Waals surface area (Å²) in [6.07, 6.45) is 0. The molecule has 0 bridgehead atoms. The predicted molar refractivity (Wildman–Crippen MR) is 51.6 cm³/mol. The average molecular weight is 181 g/mol. The molecule has 0 radical (unpaired) electrons. The first kappa shape index (κ1) is 11.3. The molecule has 0 saturated heterocycles. The van der Waals surface area contributed by atoms with E-state index in [4.69, 9.17) is 0 Å². The van der Waals surface area contributed by atoms with Gasteiger partial charge in [-0.15, -0.1) is 0 Å². The van der Waals surface area contributed by atoms with Crippen molar-refractivity contribution in [3.8, 4) is 0 Å². The first-order chi connectivity index (χ1) is 4.83. The van der Waals surface area contributed by atoms with Crippen molar-refractivity contribution in [3.05, 3.63) is 0 Å². The molecule has 0 aliphatic heterocycles. The fourth-order valence-corrected chi connectivity index (χ4v) is 3.60. The zero-order valence-corrected chi connectivity index (χ0v) is 9.29. The van der Waals surface area contributed by atoms with E-state index in [9.17, 15) is 4.89 Å². The van der Waals surface area contributed by atoms with Crippen molar-refractivity contribution in [2.75, 3.05) is 42.3 Å². The van der Waals surface area contributed by atoms with Gasteiger partial charge in [-0.05, 0) is 0 Å². The topological polar surface area (TPSA) is 30.0 Å². The molecule has 0 atom stereocenters. The van der Waals surface area contributed by atoms with Crippen LogP contribution in [0, 0.1) is 0 Å². The van der Waals surface area contributed by atoms with Gasteiger partial charge in [-0.1, -0.05) is 0 Å². The van der Waals surface area contributed by atoms with E-state index in [2.05, 4.69) is 0 Å². The van der Waals surface area contributed by atoms with E-state index in [-0.39, 0.29) is 0 Å². The van der Waals surface area contributed by atoms with Crippen LogP contribution in [0.15, 0.2) is 0 Å². The van der Waals surface area contributed by atoms with Crippen LogP contribution in [0.1, 0.15) is 0 Å². The van der Waals surface area contributed by atoms with Gasteiger partial charge in [-0.25, -0.2) is 0 Å². The molecule has 11 heavy (non-hydrogen) atoms. The van der Waals surface area contributed by atoms with Gasteiger partial charge in [0.25, 0.3) is 0 Å². The third kappa shape index (κ3) is 2.10. The summed E-state index contributed by atoms with van der Waals surface area (Å²) >= 11 is 0. The minimum absolute atomic E-state index is 1.88. The van der Waals surface area contributed by atoms with Crippen molar-refractivity contribution in [1.82, 2.24) is 14.0 Å². The van der Waals surface area contributed by atoms with E-state index in [1.165, 1.54) is 0 Å². The Hall–Kier alpha value is 0.270.